The molecule has 0 aliphatic carbocycles. The van der Waals surface area contributed by atoms with Crippen molar-refractivity contribution in [3.63, 3.8) is 0 Å². The molecule has 0 saturated heterocycles. The molecule has 0 fully saturated rings. The van der Waals surface area contributed by atoms with Crippen LogP contribution in [-0.2, 0) is 6.54 Å². The highest BCUT2D eigenvalue weighted by atomic mass is 35.5. The van der Waals surface area contributed by atoms with E-state index in [2.05, 4.69) is 4.98 Å². The Labute approximate surface area is 62.8 Å². The number of rotatable bonds is 1. The molecule has 3 N–H and O–H groups in total. The largest absolute Gasteiger partial charge is 0.325 e. The molecule has 54 valence electrons. The van der Waals surface area contributed by atoms with E-state index in [4.69, 9.17) is 17.3 Å². The van der Waals surface area contributed by atoms with Gasteiger partial charge in [-0.05, 0) is 6.07 Å². The maximum absolute atomic E-state index is 10.7. The molecule has 0 aliphatic rings. The molecule has 0 radical (unpaired) electrons. The molecule has 1 aromatic heterocycles. The minimum absolute atomic E-state index is 0.215. The molecular weight excluding hydrogens is 152 g/mol. The summed E-state index contributed by atoms with van der Waals surface area (Å²) >= 11 is 5.55. The molecule has 1 rings (SSSR count). The Hall–Kier alpha value is -0.800. The average molecular weight is 159 g/mol. The lowest BCUT2D eigenvalue weighted by Gasteiger charge is -1.94. The maximum atomic E-state index is 10.7. The van der Waals surface area contributed by atoms with Gasteiger partial charge in [-0.25, -0.2) is 0 Å². The van der Waals surface area contributed by atoms with Gasteiger partial charge in [0.25, 0.3) is 0 Å². The van der Waals surface area contributed by atoms with Crippen LogP contribution in [0.5, 0.6) is 0 Å². The summed E-state index contributed by atoms with van der Waals surface area (Å²) in [4.78, 5) is 13.2. The Balaban J connectivity index is 3.19. The van der Waals surface area contributed by atoms with Gasteiger partial charge in [-0.2, -0.15) is 0 Å². The second-order valence-corrected chi connectivity index (χ2v) is 2.33. The lowest BCUT2D eigenvalue weighted by Crippen LogP contribution is -2.09. The van der Waals surface area contributed by atoms with E-state index >= 15 is 0 Å². The molecule has 1 aromatic rings. The number of pyridine rings is 1. The highest BCUT2D eigenvalue weighted by molar-refractivity contribution is 6.30. The topological polar surface area (TPSA) is 58.9 Å². The molecular formula is C6H7ClN2O. The highest BCUT2D eigenvalue weighted by Gasteiger charge is 1.92. The van der Waals surface area contributed by atoms with E-state index in [1.165, 1.54) is 6.07 Å². The standard InChI is InChI=1S/C6H7ClN2O/c7-4-1-5(3-8)9-6(10)2-4/h1-2H,3,8H2,(H,9,10). The molecule has 0 atom stereocenters. The molecule has 0 saturated carbocycles. The van der Waals surface area contributed by atoms with Crippen molar-refractivity contribution in [2.75, 3.05) is 0 Å². The van der Waals surface area contributed by atoms with Crippen molar-refractivity contribution in [3.8, 4) is 0 Å². The van der Waals surface area contributed by atoms with Crippen molar-refractivity contribution in [1.29, 1.82) is 0 Å². The molecule has 0 aliphatic heterocycles. The first kappa shape index (κ1) is 7.31. The fourth-order valence-electron chi connectivity index (χ4n) is 0.674. The van der Waals surface area contributed by atoms with Gasteiger partial charge in [0.2, 0.25) is 5.56 Å². The van der Waals surface area contributed by atoms with E-state index in [1.54, 1.807) is 6.07 Å². The second kappa shape index (κ2) is 2.86. The Morgan fingerprint density at radius 2 is 2.30 bits per heavy atom. The molecule has 0 bridgehead atoms. The van der Waals surface area contributed by atoms with Crippen molar-refractivity contribution >= 4 is 11.6 Å². The Kier molecular flexibility index (Phi) is 2.09. The van der Waals surface area contributed by atoms with E-state index in [0.29, 0.717) is 17.3 Å². The van der Waals surface area contributed by atoms with Crippen LogP contribution < -0.4 is 11.3 Å². The first-order chi connectivity index (χ1) is 4.72. The number of aromatic amines is 1. The smallest absolute Gasteiger partial charge is 0.249 e. The third-order valence-electron chi connectivity index (χ3n) is 1.08. The van der Waals surface area contributed by atoms with Gasteiger partial charge in [-0.15, -0.1) is 0 Å². The van der Waals surface area contributed by atoms with Gasteiger partial charge in [0.1, 0.15) is 0 Å². The SMILES string of the molecule is NCc1cc(Cl)cc(=O)[nH]1. The number of nitrogens with one attached hydrogen (secondary N) is 1. The lowest BCUT2D eigenvalue weighted by atomic mass is 10.3. The lowest BCUT2D eigenvalue weighted by molar-refractivity contribution is 0.973. The van der Waals surface area contributed by atoms with Crippen LogP contribution in [-0.4, -0.2) is 4.98 Å². The van der Waals surface area contributed by atoms with E-state index in [-0.39, 0.29) is 5.56 Å². The number of hydrogen-bond acceptors (Lipinski definition) is 2. The van der Waals surface area contributed by atoms with E-state index in [1.807, 2.05) is 0 Å². The molecule has 0 amide bonds. The number of hydrogen-bond donors (Lipinski definition) is 2. The fourth-order valence-corrected chi connectivity index (χ4v) is 0.905. The summed E-state index contributed by atoms with van der Waals surface area (Å²) in [6.45, 7) is 0.301. The Bertz CT molecular complexity index is 281. The third kappa shape index (κ3) is 1.59. The van der Waals surface area contributed by atoms with Gasteiger partial charge >= 0.3 is 0 Å². The van der Waals surface area contributed by atoms with Crippen molar-refractivity contribution in [2.24, 2.45) is 5.73 Å². The van der Waals surface area contributed by atoms with Crippen LogP contribution in [0.15, 0.2) is 16.9 Å². The van der Waals surface area contributed by atoms with Gasteiger partial charge in [0, 0.05) is 23.3 Å². The van der Waals surface area contributed by atoms with Crippen molar-refractivity contribution in [1.82, 2.24) is 4.98 Å². The van der Waals surface area contributed by atoms with Crippen LogP contribution in [0.1, 0.15) is 5.69 Å². The summed E-state index contributed by atoms with van der Waals surface area (Å²) < 4.78 is 0. The third-order valence-corrected chi connectivity index (χ3v) is 1.30. The Morgan fingerprint density at radius 3 is 2.80 bits per heavy atom. The zero-order chi connectivity index (χ0) is 7.56. The summed E-state index contributed by atoms with van der Waals surface area (Å²) in [5.74, 6) is 0. The normalized spacial score (nSPS) is 9.80. The number of nitrogens with two attached hydrogens (primary N) is 1. The minimum atomic E-state index is -0.215. The zero-order valence-corrected chi connectivity index (χ0v) is 5.98. The molecule has 1 heterocycles. The van der Waals surface area contributed by atoms with Crippen LogP contribution in [0.2, 0.25) is 5.02 Å². The molecule has 3 nitrogen and oxygen atoms in total. The molecule has 0 spiro atoms. The number of aromatic nitrogens is 1. The molecule has 0 unspecified atom stereocenters. The summed E-state index contributed by atoms with van der Waals surface area (Å²) in [6, 6.07) is 2.93. The quantitative estimate of drug-likeness (QED) is 0.625. The van der Waals surface area contributed by atoms with E-state index < -0.39 is 0 Å². The van der Waals surface area contributed by atoms with E-state index in [0.717, 1.165) is 0 Å². The molecule has 4 heteroatoms. The van der Waals surface area contributed by atoms with Gasteiger partial charge in [-0.1, -0.05) is 11.6 Å². The summed E-state index contributed by atoms with van der Waals surface area (Å²) in [7, 11) is 0. The van der Waals surface area contributed by atoms with Crippen LogP contribution in [0, 0.1) is 0 Å². The first-order valence-corrected chi connectivity index (χ1v) is 3.19. The maximum Gasteiger partial charge on any atom is 0.249 e. The molecule has 10 heavy (non-hydrogen) atoms. The summed E-state index contributed by atoms with van der Waals surface area (Å²) in [5, 5.41) is 0.421. The minimum Gasteiger partial charge on any atom is -0.325 e. The van der Waals surface area contributed by atoms with Crippen molar-refractivity contribution in [2.45, 2.75) is 6.54 Å². The predicted molar refractivity (Wildman–Crippen MR) is 40.0 cm³/mol. The monoisotopic (exact) mass is 158 g/mol. The second-order valence-electron chi connectivity index (χ2n) is 1.89. The van der Waals surface area contributed by atoms with Gasteiger partial charge in [-0.3, -0.25) is 4.79 Å². The predicted octanol–water partition coefficient (Wildman–Crippen LogP) is 0.487. The van der Waals surface area contributed by atoms with E-state index in [9.17, 15) is 4.79 Å². The van der Waals surface area contributed by atoms with Crippen LogP contribution in [0.4, 0.5) is 0 Å². The van der Waals surface area contributed by atoms with Crippen molar-refractivity contribution < 1.29 is 0 Å². The Morgan fingerprint density at radius 1 is 1.60 bits per heavy atom. The van der Waals surface area contributed by atoms with Crippen LogP contribution in [0.25, 0.3) is 0 Å². The number of halogens is 1. The van der Waals surface area contributed by atoms with Gasteiger partial charge in [0.15, 0.2) is 0 Å². The van der Waals surface area contributed by atoms with Crippen molar-refractivity contribution in [3.05, 3.63) is 33.2 Å². The zero-order valence-electron chi connectivity index (χ0n) is 5.23. The highest BCUT2D eigenvalue weighted by Crippen LogP contribution is 2.03. The van der Waals surface area contributed by atoms with Crippen LogP contribution >= 0.6 is 11.6 Å². The van der Waals surface area contributed by atoms with Gasteiger partial charge in [0.05, 0.1) is 0 Å². The number of H-pyrrole nitrogens is 1. The van der Waals surface area contributed by atoms with Crippen LogP contribution in [0.3, 0.4) is 0 Å². The fraction of sp³-hybridized carbons (Fsp3) is 0.167. The average Bonchev–Trinajstić information content (AvgIpc) is 1.85. The first-order valence-electron chi connectivity index (χ1n) is 2.81. The molecule has 0 aromatic carbocycles. The summed E-state index contributed by atoms with van der Waals surface area (Å²) in [5.41, 5.74) is 5.69. The van der Waals surface area contributed by atoms with Gasteiger partial charge < -0.3 is 10.7 Å². The summed E-state index contributed by atoms with van der Waals surface area (Å²) in [6.07, 6.45) is 0.